The molecule has 1 saturated heterocycles. The summed E-state index contributed by atoms with van der Waals surface area (Å²) in [4.78, 5) is 13.3. The van der Waals surface area contributed by atoms with Crippen molar-refractivity contribution < 1.29 is 0 Å². The van der Waals surface area contributed by atoms with Crippen molar-refractivity contribution in [3.63, 3.8) is 0 Å². The number of nitrogens with zero attached hydrogens (tertiary/aromatic N) is 4. The topological polar surface area (TPSA) is 44.3 Å². The highest BCUT2D eigenvalue weighted by Gasteiger charge is 2.14. The van der Waals surface area contributed by atoms with Crippen LogP contribution in [0.2, 0.25) is 0 Å². The number of hydrogen-bond acceptors (Lipinski definition) is 5. The predicted octanol–water partition coefficient (Wildman–Crippen LogP) is 1.94. The van der Waals surface area contributed by atoms with Crippen molar-refractivity contribution in [2.45, 2.75) is 13.1 Å². The third kappa shape index (κ3) is 5.16. The van der Waals surface area contributed by atoms with Gasteiger partial charge in [0.15, 0.2) is 0 Å². The number of anilines is 1. The first-order chi connectivity index (χ1) is 10.8. The Morgan fingerprint density at radius 1 is 0.957 bits per heavy atom. The summed E-state index contributed by atoms with van der Waals surface area (Å²) in [6.45, 7) is 6.02. The molecule has 3 rings (SSSR count). The van der Waals surface area contributed by atoms with Crippen molar-refractivity contribution in [1.29, 1.82) is 0 Å². The molecule has 23 heavy (non-hydrogen) atoms. The Hall–Kier alpha value is -1.69. The van der Waals surface area contributed by atoms with Crippen LogP contribution in [-0.2, 0) is 13.1 Å². The summed E-state index contributed by atoms with van der Waals surface area (Å²) in [5.41, 5.74) is 2.46. The van der Waals surface area contributed by atoms with Gasteiger partial charge in [0.1, 0.15) is 5.82 Å². The molecular formula is C17H24ClN5. The van der Waals surface area contributed by atoms with Crippen molar-refractivity contribution in [2.24, 2.45) is 0 Å². The highest BCUT2D eigenvalue weighted by atomic mass is 35.5. The van der Waals surface area contributed by atoms with Gasteiger partial charge in [0.05, 0.1) is 0 Å². The van der Waals surface area contributed by atoms with Gasteiger partial charge in [-0.3, -0.25) is 4.98 Å². The molecule has 0 radical (unpaired) electrons. The normalized spacial score (nSPS) is 15.3. The average Bonchev–Trinajstić information content (AvgIpc) is 2.57. The first-order valence-electron chi connectivity index (χ1n) is 7.79. The van der Waals surface area contributed by atoms with Crippen molar-refractivity contribution in [2.75, 3.05) is 38.1 Å². The summed E-state index contributed by atoms with van der Waals surface area (Å²) in [6, 6.07) is 8.36. The molecule has 2 aromatic heterocycles. The molecule has 0 aliphatic carbocycles. The summed E-state index contributed by atoms with van der Waals surface area (Å²) in [6.07, 6.45) is 5.63. The van der Waals surface area contributed by atoms with Crippen LogP contribution in [0.25, 0.3) is 0 Å². The number of likely N-dealkylation sites (N-methyl/N-ethyl adjacent to an activating group) is 1. The Kier molecular flexibility index (Phi) is 6.77. The van der Waals surface area contributed by atoms with E-state index in [4.69, 9.17) is 0 Å². The van der Waals surface area contributed by atoms with E-state index in [1.807, 2.05) is 30.7 Å². The minimum Gasteiger partial charge on any atom is -0.354 e. The van der Waals surface area contributed by atoms with Crippen LogP contribution in [0.5, 0.6) is 0 Å². The Morgan fingerprint density at radius 2 is 1.65 bits per heavy atom. The Morgan fingerprint density at radius 3 is 2.30 bits per heavy atom. The highest BCUT2D eigenvalue weighted by molar-refractivity contribution is 5.85. The summed E-state index contributed by atoms with van der Waals surface area (Å²) >= 11 is 0. The van der Waals surface area contributed by atoms with Crippen molar-refractivity contribution in [1.82, 2.24) is 20.2 Å². The van der Waals surface area contributed by atoms with Crippen molar-refractivity contribution in [3.05, 3.63) is 54.0 Å². The first-order valence-corrected chi connectivity index (χ1v) is 7.79. The van der Waals surface area contributed by atoms with Gasteiger partial charge >= 0.3 is 0 Å². The molecule has 5 nitrogen and oxygen atoms in total. The summed E-state index contributed by atoms with van der Waals surface area (Å²) < 4.78 is 0. The van der Waals surface area contributed by atoms with Crippen LogP contribution in [0.1, 0.15) is 11.1 Å². The molecule has 0 saturated carbocycles. The third-order valence-corrected chi connectivity index (χ3v) is 4.04. The minimum absolute atomic E-state index is 0. The van der Waals surface area contributed by atoms with E-state index in [-0.39, 0.29) is 12.4 Å². The van der Waals surface area contributed by atoms with E-state index in [1.165, 1.54) is 11.1 Å². The fourth-order valence-electron chi connectivity index (χ4n) is 2.60. The highest BCUT2D eigenvalue weighted by Crippen LogP contribution is 2.13. The third-order valence-electron chi connectivity index (χ3n) is 4.04. The van der Waals surface area contributed by atoms with E-state index < -0.39 is 0 Å². The summed E-state index contributed by atoms with van der Waals surface area (Å²) in [7, 11) is 2.17. The van der Waals surface area contributed by atoms with E-state index >= 15 is 0 Å². The SMILES string of the molecule is CN1CCN(c2ccc(CNCc3ccncc3)cn2)CC1.Cl. The van der Waals surface area contributed by atoms with Gasteiger partial charge in [0.25, 0.3) is 0 Å². The summed E-state index contributed by atoms with van der Waals surface area (Å²) in [5.74, 6) is 1.09. The molecule has 0 unspecified atom stereocenters. The zero-order valence-electron chi connectivity index (χ0n) is 13.5. The molecule has 0 atom stereocenters. The van der Waals surface area contributed by atoms with Gasteiger partial charge in [0, 0.05) is 57.9 Å². The zero-order valence-corrected chi connectivity index (χ0v) is 14.3. The molecular weight excluding hydrogens is 310 g/mol. The van der Waals surface area contributed by atoms with E-state index in [2.05, 4.69) is 44.3 Å². The summed E-state index contributed by atoms with van der Waals surface area (Å²) in [5, 5.41) is 3.43. The smallest absolute Gasteiger partial charge is 0.128 e. The van der Waals surface area contributed by atoms with Crippen LogP contribution in [0.15, 0.2) is 42.9 Å². The quantitative estimate of drug-likeness (QED) is 0.906. The van der Waals surface area contributed by atoms with E-state index in [0.717, 1.165) is 45.1 Å². The van der Waals surface area contributed by atoms with Crippen LogP contribution in [-0.4, -0.2) is 48.1 Å². The molecule has 2 aromatic rings. The fraction of sp³-hybridized carbons (Fsp3) is 0.412. The first kappa shape index (κ1) is 17.7. The molecule has 0 bridgehead atoms. The number of hydrogen-bond donors (Lipinski definition) is 1. The van der Waals surface area contributed by atoms with Gasteiger partial charge < -0.3 is 15.1 Å². The molecule has 1 aliphatic heterocycles. The lowest BCUT2D eigenvalue weighted by Gasteiger charge is -2.33. The maximum Gasteiger partial charge on any atom is 0.128 e. The molecule has 6 heteroatoms. The molecule has 3 heterocycles. The van der Waals surface area contributed by atoms with Crippen molar-refractivity contribution >= 4 is 18.2 Å². The van der Waals surface area contributed by atoms with Gasteiger partial charge in [-0.2, -0.15) is 0 Å². The molecule has 1 N–H and O–H groups in total. The number of halogens is 1. The van der Waals surface area contributed by atoms with Gasteiger partial charge in [-0.15, -0.1) is 12.4 Å². The molecule has 1 fully saturated rings. The standard InChI is InChI=1S/C17H23N5.ClH/c1-21-8-10-22(11-9-21)17-3-2-16(14-20-17)13-19-12-15-4-6-18-7-5-15;/h2-7,14,19H,8-13H2,1H3;1H. The second-order valence-corrected chi connectivity index (χ2v) is 5.77. The van der Waals surface area contributed by atoms with Crippen LogP contribution in [0.3, 0.4) is 0 Å². The molecule has 1 aliphatic rings. The van der Waals surface area contributed by atoms with E-state index in [1.54, 1.807) is 0 Å². The number of nitrogens with one attached hydrogen (secondary N) is 1. The van der Waals surface area contributed by atoms with E-state index in [9.17, 15) is 0 Å². The van der Waals surface area contributed by atoms with Crippen LogP contribution < -0.4 is 10.2 Å². The average molecular weight is 334 g/mol. The monoisotopic (exact) mass is 333 g/mol. The van der Waals surface area contributed by atoms with Gasteiger partial charge in [0.2, 0.25) is 0 Å². The second kappa shape index (κ2) is 8.82. The second-order valence-electron chi connectivity index (χ2n) is 5.77. The van der Waals surface area contributed by atoms with Crippen LogP contribution in [0.4, 0.5) is 5.82 Å². The van der Waals surface area contributed by atoms with Gasteiger partial charge in [-0.1, -0.05) is 6.07 Å². The predicted molar refractivity (Wildman–Crippen MR) is 96.0 cm³/mol. The van der Waals surface area contributed by atoms with Crippen LogP contribution in [0, 0.1) is 0 Å². The number of aromatic nitrogens is 2. The lowest BCUT2D eigenvalue weighted by molar-refractivity contribution is 0.312. The largest absolute Gasteiger partial charge is 0.354 e. The maximum absolute atomic E-state index is 4.61. The molecule has 124 valence electrons. The van der Waals surface area contributed by atoms with Gasteiger partial charge in [-0.05, 0) is 36.4 Å². The lowest BCUT2D eigenvalue weighted by atomic mass is 10.2. The number of piperazine rings is 1. The van der Waals surface area contributed by atoms with Gasteiger partial charge in [-0.25, -0.2) is 4.98 Å². The fourth-order valence-corrected chi connectivity index (χ4v) is 2.60. The molecule has 0 spiro atoms. The maximum atomic E-state index is 4.61. The Bertz CT molecular complexity index is 567. The Balaban J connectivity index is 0.00000192. The van der Waals surface area contributed by atoms with Crippen LogP contribution >= 0.6 is 12.4 Å². The van der Waals surface area contributed by atoms with Crippen molar-refractivity contribution in [3.8, 4) is 0 Å². The van der Waals surface area contributed by atoms with E-state index in [0.29, 0.717) is 0 Å². The lowest BCUT2D eigenvalue weighted by Crippen LogP contribution is -2.44. The zero-order chi connectivity index (χ0) is 15.2. The number of pyridine rings is 2. The number of rotatable bonds is 5. The molecule has 0 amide bonds. The Labute approximate surface area is 144 Å². The minimum atomic E-state index is 0. The molecule has 0 aromatic carbocycles.